The van der Waals surface area contributed by atoms with Gasteiger partial charge in [-0.3, -0.25) is 4.99 Å². The van der Waals surface area contributed by atoms with Crippen LogP contribution in [0.25, 0.3) is 0 Å². The van der Waals surface area contributed by atoms with Crippen molar-refractivity contribution in [1.29, 1.82) is 0 Å². The molecule has 0 spiro atoms. The lowest BCUT2D eigenvalue weighted by Crippen LogP contribution is -2.22. The molecule has 0 atom stereocenters. The maximum absolute atomic E-state index is 5.85. The zero-order valence-electron chi connectivity index (χ0n) is 13.0. The number of nitrogens with zero attached hydrogens (tertiary/aromatic N) is 1. The third-order valence-corrected chi connectivity index (χ3v) is 2.94. The number of benzene rings is 1. The third kappa shape index (κ3) is 6.35. The molecule has 0 aliphatic heterocycles. The van der Waals surface area contributed by atoms with E-state index in [1.807, 2.05) is 18.2 Å². The van der Waals surface area contributed by atoms with Crippen molar-refractivity contribution in [3.8, 4) is 11.5 Å². The number of hydrogen-bond acceptors (Lipinski definition) is 4. The number of aliphatic imine (C=N–C) groups is 1. The molecule has 1 aromatic carbocycles. The van der Waals surface area contributed by atoms with Crippen molar-refractivity contribution in [3.05, 3.63) is 18.2 Å². The molecule has 21 heavy (non-hydrogen) atoms. The Morgan fingerprint density at radius 2 is 1.86 bits per heavy atom. The largest absolute Gasteiger partial charge is 0.493 e. The lowest BCUT2D eigenvalue weighted by Gasteiger charge is -2.10. The van der Waals surface area contributed by atoms with Gasteiger partial charge in [-0.05, 0) is 31.4 Å². The van der Waals surface area contributed by atoms with Gasteiger partial charge in [0.1, 0.15) is 0 Å². The second-order valence-corrected chi connectivity index (χ2v) is 4.52. The highest BCUT2D eigenvalue weighted by molar-refractivity contribution is 5.92. The smallest absolute Gasteiger partial charge is 0.193 e. The first kappa shape index (κ1) is 17.1. The van der Waals surface area contributed by atoms with Gasteiger partial charge < -0.3 is 25.3 Å². The first-order chi connectivity index (χ1) is 10.2. The Labute approximate surface area is 126 Å². The molecule has 0 aliphatic rings. The fourth-order valence-electron chi connectivity index (χ4n) is 1.84. The molecule has 0 aromatic heterocycles. The average molecular weight is 295 g/mol. The quantitative estimate of drug-likeness (QED) is 0.415. The standard InChI is InChI=1S/C15H25N3O3/c1-19-10-6-4-5-9-17-15(16)18-12-7-8-13(20-2)14(11-12)21-3/h7-8,11H,4-6,9-10H2,1-3H3,(H3,16,17,18). The number of guanidine groups is 1. The molecular weight excluding hydrogens is 270 g/mol. The minimum atomic E-state index is 0.397. The van der Waals surface area contributed by atoms with Crippen molar-refractivity contribution in [3.63, 3.8) is 0 Å². The number of ether oxygens (including phenoxy) is 3. The van der Waals surface area contributed by atoms with Gasteiger partial charge in [0.2, 0.25) is 0 Å². The van der Waals surface area contributed by atoms with Gasteiger partial charge in [-0.2, -0.15) is 0 Å². The first-order valence-corrected chi connectivity index (χ1v) is 6.99. The van der Waals surface area contributed by atoms with Gasteiger partial charge in [0.15, 0.2) is 17.5 Å². The lowest BCUT2D eigenvalue weighted by atomic mass is 10.2. The number of anilines is 1. The molecular formula is C15H25N3O3. The van der Waals surface area contributed by atoms with Crippen LogP contribution in [0.3, 0.4) is 0 Å². The average Bonchev–Trinajstić information content (AvgIpc) is 2.50. The van der Waals surface area contributed by atoms with E-state index in [4.69, 9.17) is 19.9 Å². The topological polar surface area (TPSA) is 78.1 Å². The van der Waals surface area contributed by atoms with Crippen LogP contribution >= 0.6 is 0 Å². The summed E-state index contributed by atoms with van der Waals surface area (Å²) in [6.45, 7) is 1.50. The summed E-state index contributed by atoms with van der Waals surface area (Å²) in [6.07, 6.45) is 3.13. The Balaban J connectivity index is 2.44. The zero-order valence-corrected chi connectivity index (χ0v) is 13.0. The van der Waals surface area contributed by atoms with Crippen LogP contribution in [0.15, 0.2) is 23.2 Å². The molecule has 0 heterocycles. The first-order valence-electron chi connectivity index (χ1n) is 6.99. The Bertz CT molecular complexity index is 450. The molecule has 6 heteroatoms. The third-order valence-electron chi connectivity index (χ3n) is 2.94. The van der Waals surface area contributed by atoms with Gasteiger partial charge >= 0.3 is 0 Å². The molecule has 3 N–H and O–H groups in total. The van der Waals surface area contributed by atoms with E-state index in [1.165, 1.54) is 0 Å². The number of nitrogens with two attached hydrogens (primary N) is 1. The summed E-state index contributed by atoms with van der Waals surface area (Å²) in [5.41, 5.74) is 6.66. The molecule has 118 valence electrons. The molecule has 0 unspecified atom stereocenters. The SMILES string of the molecule is COCCCCCN=C(N)Nc1ccc(OC)c(OC)c1. The predicted octanol–water partition coefficient (Wildman–Crippen LogP) is 2.25. The molecule has 1 rings (SSSR count). The van der Waals surface area contributed by atoms with Crippen molar-refractivity contribution < 1.29 is 14.2 Å². The number of methoxy groups -OCH3 is 3. The fourth-order valence-corrected chi connectivity index (χ4v) is 1.84. The Kier molecular flexibility index (Phi) is 8.04. The van der Waals surface area contributed by atoms with E-state index in [1.54, 1.807) is 21.3 Å². The van der Waals surface area contributed by atoms with E-state index in [2.05, 4.69) is 10.3 Å². The lowest BCUT2D eigenvalue weighted by molar-refractivity contribution is 0.192. The van der Waals surface area contributed by atoms with E-state index in [9.17, 15) is 0 Å². The van der Waals surface area contributed by atoms with Gasteiger partial charge in [-0.15, -0.1) is 0 Å². The molecule has 0 radical (unpaired) electrons. The van der Waals surface area contributed by atoms with Crippen LogP contribution in [0.4, 0.5) is 5.69 Å². The van der Waals surface area contributed by atoms with Gasteiger partial charge in [-0.1, -0.05) is 0 Å². The van der Waals surface area contributed by atoms with Crippen LogP contribution in [0.5, 0.6) is 11.5 Å². The summed E-state index contributed by atoms with van der Waals surface area (Å²) >= 11 is 0. The Hall–Kier alpha value is -1.95. The van der Waals surface area contributed by atoms with Crippen molar-refractivity contribution >= 4 is 11.6 Å². The highest BCUT2D eigenvalue weighted by Crippen LogP contribution is 2.29. The van der Waals surface area contributed by atoms with Crippen LogP contribution in [0.1, 0.15) is 19.3 Å². The number of hydrogen-bond donors (Lipinski definition) is 2. The number of rotatable bonds is 9. The molecule has 0 saturated heterocycles. The molecule has 0 bridgehead atoms. The van der Waals surface area contributed by atoms with E-state index in [0.29, 0.717) is 24.0 Å². The second-order valence-electron chi connectivity index (χ2n) is 4.52. The van der Waals surface area contributed by atoms with Crippen LogP contribution in [0, 0.1) is 0 Å². The Morgan fingerprint density at radius 3 is 2.52 bits per heavy atom. The highest BCUT2D eigenvalue weighted by Gasteiger charge is 2.04. The molecule has 1 aromatic rings. The maximum Gasteiger partial charge on any atom is 0.193 e. The van der Waals surface area contributed by atoms with Crippen LogP contribution < -0.4 is 20.5 Å². The fraction of sp³-hybridized carbons (Fsp3) is 0.533. The molecule has 0 amide bonds. The monoisotopic (exact) mass is 295 g/mol. The van der Waals surface area contributed by atoms with Crippen LogP contribution in [-0.2, 0) is 4.74 Å². The van der Waals surface area contributed by atoms with E-state index in [-0.39, 0.29) is 0 Å². The molecule has 0 fully saturated rings. The van der Waals surface area contributed by atoms with Gasteiger partial charge in [0.25, 0.3) is 0 Å². The van der Waals surface area contributed by atoms with Gasteiger partial charge in [0.05, 0.1) is 14.2 Å². The molecule has 0 saturated carbocycles. The van der Waals surface area contributed by atoms with Crippen LogP contribution in [0.2, 0.25) is 0 Å². The number of nitrogens with one attached hydrogen (secondary N) is 1. The van der Waals surface area contributed by atoms with E-state index >= 15 is 0 Å². The summed E-state index contributed by atoms with van der Waals surface area (Å²) < 4.78 is 15.4. The summed E-state index contributed by atoms with van der Waals surface area (Å²) in [7, 11) is 4.91. The zero-order chi connectivity index (χ0) is 15.5. The highest BCUT2D eigenvalue weighted by atomic mass is 16.5. The van der Waals surface area contributed by atoms with Crippen molar-refractivity contribution in [2.24, 2.45) is 10.7 Å². The van der Waals surface area contributed by atoms with E-state index < -0.39 is 0 Å². The normalized spacial score (nSPS) is 11.3. The van der Waals surface area contributed by atoms with Crippen LogP contribution in [-0.4, -0.2) is 40.4 Å². The summed E-state index contributed by atoms with van der Waals surface area (Å²) in [5, 5.41) is 3.04. The minimum absolute atomic E-state index is 0.397. The van der Waals surface area contributed by atoms with E-state index in [0.717, 1.165) is 31.6 Å². The second kappa shape index (κ2) is 9.88. The molecule has 0 aliphatic carbocycles. The Morgan fingerprint density at radius 1 is 1.10 bits per heavy atom. The summed E-state index contributed by atoms with van der Waals surface area (Å²) in [4.78, 5) is 4.29. The maximum atomic E-state index is 5.85. The van der Waals surface area contributed by atoms with Gasteiger partial charge in [-0.25, -0.2) is 0 Å². The van der Waals surface area contributed by atoms with Crippen molar-refractivity contribution in [2.45, 2.75) is 19.3 Å². The summed E-state index contributed by atoms with van der Waals surface area (Å²) in [5.74, 6) is 1.72. The minimum Gasteiger partial charge on any atom is -0.493 e. The van der Waals surface area contributed by atoms with Gasteiger partial charge in [0, 0.05) is 32.0 Å². The predicted molar refractivity (Wildman–Crippen MR) is 85.4 cm³/mol. The molecule has 6 nitrogen and oxygen atoms in total. The number of unbranched alkanes of at least 4 members (excludes halogenated alkanes) is 2. The van der Waals surface area contributed by atoms with Crippen molar-refractivity contribution in [2.75, 3.05) is 39.8 Å². The summed E-state index contributed by atoms with van der Waals surface area (Å²) in [6, 6.07) is 5.50. The van der Waals surface area contributed by atoms with Crippen molar-refractivity contribution in [1.82, 2.24) is 0 Å².